The van der Waals surface area contributed by atoms with Crippen molar-refractivity contribution in [3.63, 3.8) is 0 Å². The Bertz CT molecular complexity index is 400. The Morgan fingerprint density at radius 3 is 2.45 bits per heavy atom. The summed E-state index contributed by atoms with van der Waals surface area (Å²) in [5, 5.41) is 1.50. The zero-order valence-electron chi connectivity index (χ0n) is 11.7. The highest BCUT2D eigenvalue weighted by atomic mass is 35.5. The molecule has 112 valence electrons. The summed E-state index contributed by atoms with van der Waals surface area (Å²) in [6.07, 6.45) is 3.44. The van der Waals surface area contributed by atoms with E-state index in [2.05, 4.69) is 4.90 Å². The lowest BCUT2D eigenvalue weighted by molar-refractivity contribution is 0.00564. The fourth-order valence-corrected chi connectivity index (χ4v) is 2.99. The van der Waals surface area contributed by atoms with E-state index < -0.39 is 0 Å². The number of likely N-dealkylation sites (tertiary alicyclic amines) is 1. The second-order valence-electron chi connectivity index (χ2n) is 5.19. The summed E-state index contributed by atoms with van der Waals surface area (Å²) >= 11 is 12.4. The zero-order valence-corrected chi connectivity index (χ0v) is 13.2. The molecule has 3 nitrogen and oxygen atoms in total. The molecule has 2 rings (SSSR count). The normalized spacial score (nSPS) is 17.6. The first-order valence-electron chi connectivity index (χ1n) is 7.17. The van der Waals surface area contributed by atoms with Gasteiger partial charge in [-0.2, -0.15) is 0 Å². The SMILES string of the molecule is NCCCOC1CCN(Cc2c(Cl)cccc2Cl)CC1. The minimum atomic E-state index is 0.375. The fourth-order valence-electron chi connectivity index (χ4n) is 2.47. The van der Waals surface area contributed by atoms with Crippen LogP contribution in [0.2, 0.25) is 10.0 Å². The van der Waals surface area contributed by atoms with E-state index >= 15 is 0 Å². The number of hydrogen-bond acceptors (Lipinski definition) is 3. The average molecular weight is 317 g/mol. The van der Waals surface area contributed by atoms with Crippen molar-refractivity contribution in [2.75, 3.05) is 26.2 Å². The van der Waals surface area contributed by atoms with E-state index in [0.717, 1.165) is 61.1 Å². The van der Waals surface area contributed by atoms with Gasteiger partial charge in [0.05, 0.1) is 6.10 Å². The highest BCUT2D eigenvalue weighted by Crippen LogP contribution is 2.27. The molecule has 20 heavy (non-hydrogen) atoms. The summed E-state index contributed by atoms with van der Waals surface area (Å²) < 4.78 is 5.81. The molecule has 0 spiro atoms. The van der Waals surface area contributed by atoms with Gasteiger partial charge in [0, 0.05) is 41.8 Å². The van der Waals surface area contributed by atoms with Crippen LogP contribution in [0.5, 0.6) is 0 Å². The Kier molecular flexibility index (Phi) is 6.59. The number of rotatable bonds is 6. The maximum atomic E-state index is 6.21. The van der Waals surface area contributed by atoms with Crippen molar-refractivity contribution in [2.45, 2.75) is 31.9 Å². The maximum absolute atomic E-state index is 6.21. The fraction of sp³-hybridized carbons (Fsp3) is 0.600. The van der Waals surface area contributed by atoms with Crippen LogP contribution < -0.4 is 5.73 Å². The highest BCUT2D eigenvalue weighted by Gasteiger charge is 2.20. The maximum Gasteiger partial charge on any atom is 0.0599 e. The van der Waals surface area contributed by atoms with Crippen molar-refractivity contribution in [3.05, 3.63) is 33.8 Å². The lowest BCUT2D eigenvalue weighted by Crippen LogP contribution is -2.36. The van der Waals surface area contributed by atoms with Crippen LogP contribution in [0.4, 0.5) is 0 Å². The molecule has 0 radical (unpaired) electrons. The van der Waals surface area contributed by atoms with Gasteiger partial charge >= 0.3 is 0 Å². The summed E-state index contributed by atoms with van der Waals surface area (Å²) in [7, 11) is 0. The summed E-state index contributed by atoms with van der Waals surface area (Å²) in [4.78, 5) is 2.38. The van der Waals surface area contributed by atoms with Crippen molar-refractivity contribution in [3.8, 4) is 0 Å². The number of ether oxygens (including phenoxy) is 1. The zero-order chi connectivity index (χ0) is 14.4. The molecule has 1 aromatic rings. The quantitative estimate of drug-likeness (QED) is 0.818. The van der Waals surface area contributed by atoms with E-state index in [-0.39, 0.29) is 0 Å². The Labute approximate surface area is 131 Å². The van der Waals surface area contributed by atoms with Crippen LogP contribution in [-0.2, 0) is 11.3 Å². The van der Waals surface area contributed by atoms with Gasteiger partial charge in [-0.05, 0) is 37.9 Å². The van der Waals surface area contributed by atoms with Crippen LogP contribution in [0, 0.1) is 0 Å². The van der Waals surface area contributed by atoms with Gasteiger partial charge in [0.2, 0.25) is 0 Å². The van der Waals surface area contributed by atoms with Gasteiger partial charge in [0.25, 0.3) is 0 Å². The van der Waals surface area contributed by atoms with Gasteiger partial charge < -0.3 is 10.5 Å². The Hall–Kier alpha value is -0.320. The molecule has 1 heterocycles. The van der Waals surface area contributed by atoms with Crippen LogP contribution in [0.3, 0.4) is 0 Å². The second-order valence-corrected chi connectivity index (χ2v) is 6.00. The number of benzene rings is 1. The lowest BCUT2D eigenvalue weighted by atomic mass is 10.1. The highest BCUT2D eigenvalue weighted by molar-refractivity contribution is 6.35. The molecule has 1 saturated heterocycles. The topological polar surface area (TPSA) is 38.5 Å². The van der Waals surface area contributed by atoms with Crippen LogP contribution in [0.1, 0.15) is 24.8 Å². The van der Waals surface area contributed by atoms with Gasteiger partial charge in [-0.15, -0.1) is 0 Å². The largest absolute Gasteiger partial charge is 0.378 e. The molecule has 0 bridgehead atoms. The molecule has 1 aromatic carbocycles. The smallest absolute Gasteiger partial charge is 0.0599 e. The standard InChI is InChI=1S/C15H22Cl2N2O/c16-14-3-1-4-15(17)13(14)11-19-8-5-12(6-9-19)20-10-2-7-18/h1,3-4,12H,2,5-11,18H2. The first-order valence-corrected chi connectivity index (χ1v) is 7.93. The van der Waals surface area contributed by atoms with E-state index in [1.807, 2.05) is 18.2 Å². The monoisotopic (exact) mass is 316 g/mol. The van der Waals surface area contributed by atoms with Gasteiger partial charge in [-0.1, -0.05) is 29.3 Å². The van der Waals surface area contributed by atoms with E-state index in [4.69, 9.17) is 33.7 Å². The number of nitrogens with zero attached hydrogens (tertiary/aromatic N) is 1. The van der Waals surface area contributed by atoms with Gasteiger partial charge in [-0.25, -0.2) is 0 Å². The molecule has 0 aromatic heterocycles. The predicted octanol–water partition coefficient (Wildman–Crippen LogP) is 3.32. The minimum absolute atomic E-state index is 0.375. The van der Waals surface area contributed by atoms with E-state index in [1.165, 1.54) is 0 Å². The molecule has 1 fully saturated rings. The molecule has 1 aliphatic heterocycles. The summed E-state index contributed by atoms with van der Waals surface area (Å²) in [6.45, 7) is 4.33. The molecule has 0 saturated carbocycles. The molecule has 0 amide bonds. The number of piperidine rings is 1. The molecule has 0 aliphatic carbocycles. The number of halogens is 2. The summed E-state index contributed by atoms with van der Waals surface area (Å²) in [5.74, 6) is 0. The van der Waals surface area contributed by atoms with Crippen molar-refractivity contribution < 1.29 is 4.74 Å². The minimum Gasteiger partial charge on any atom is -0.378 e. The van der Waals surface area contributed by atoms with Crippen molar-refractivity contribution in [1.82, 2.24) is 4.90 Å². The number of hydrogen-bond donors (Lipinski definition) is 1. The third-order valence-electron chi connectivity index (χ3n) is 3.68. The number of nitrogens with two attached hydrogens (primary N) is 1. The van der Waals surface area contributed by atoms with Crippen molar-refractivity contribution in [1.29, 1.82) is 0 Å². The van der Waals surface area contributed by atoms with Crippen LogP contribution in [0.15, 0.2) is 18.2 Å². The van der Waals surface area contributed by atoms with E-state index in [0.29, 0.717) is 12.6 Å². The van der Waals surface area contributed by atoms with Crippen molar-refractivity contribution >= 4 is 23.2 Å². The van der Waals surface area contributed by atoms with Crippen LogP contribution in [-0.4, -0.2) is 37.2 Å². The molecular formula is C15H22Cl2N2O. The third-order valence-corrected chi connectivity index (χ3v) is 4.39. The molecule has 0 atom stereocenters. The van der Waals surface area contributed by atoms with Crippen molar-refractivity contribution in [2.24, 2.45) is 5.73 Å². The Balaban J connectivity index is 1.80. The summed E-state index contributed by atoms with van der Waals surface area (Å²) in [6, 6.07) is 5.67. The van der Waals surface area contributed by atoms with E-state index in [9.17, 15) is 0 Å². The first kappa shape index (κ1) is 16.1. The Morgan fingerprint density at radius 2 is 1.85 bits per heavy atom. The third kappa shape index (κ3) is 4.61. The molecule has 0 unspecified atom stereocenters. The van der Waals surface area contributed by atoms with Gasteiger partial charge in [-0.3, -0.25) is 4.90 Å². The Morgan fingerprint density at radius 1 is 1.20 bits per heavy atom. The average Bonchev–Trinajstić information content (AvgIpc) is 2.45. The van der Waals surface area contributed by atoms with Crippen LogP contribution in [0.25, 0.3) is 0 Å². The first-order chi connectivity index (χ1) is 9.70. The second kappa shape index (κ2) is 8.20. The van der Waals surface area contributed by atoms with Gasteiger partial charge in [0.1, 0.15) is 0 Å². The molecule has 2 N–H and O–H groups in total. The predicted molar refractivity (Wildman–Crippen MR) is 84.4 cm³/mol. The lowest BCUT2D eigenvalue weighted by Gasteiger charge is -2.32. The van der Waals surface area contributed by atoms with Gasteiger partial charge in [0.15, 0.2) is 0 Å². The van der Waals surface area contributed by atoms with Crippen LogP contribution >= 0.6 is 23.2 Å². The molecule has 5 heteroatoms. The molecular weight excluding hydrogens is 295 g/mol. The summed E-state index contributed by atoms with van der Waals surface area (Å²) in [5.41, 5.74) is 6.49. The van der Waals surface area contributed by atoms with E-state index in [1.54, 1.807) is 0 Å². The molecule has 1 aliphatic rings.